The molecule has 2 atom stereocenters. The van der Waals surface area contributed by atoms with E-state index in [1.807, 2.05) is 0 Å². The second kappa shape index (κ2) is 6.29. The maximum Gasteiger partial charge on any atom is 0.303 e. The van der Waals surface area contributed by atoms with Gasteiger partial charge >= 0.3 is 5.97 Å². The molecule has 2 unspecified atom stereocenters. The maximum atomic E-state index is 10.8. The van der Waals surface area contributed by atoms with Gasteiger partial charge in [-0.25, -0.2) is 0 Å². The van der Waals surface area contributed by atoms with Gasteiger partial charge in [0.2, 0.25) is 0 Å². The normalized spacial score (nSPS) is 24.7. The molecule has 0 aliphatic carbocycles. The number of benzene rings is 1. The van der Waals surface area contributed by atoms with E-state index in [1.165, 1.54) is 29.7 Å². The van der Waals surface area contributed by atoms with Crippen LogP contribution in [0.25, 0.3) is 0 Å². The summed E-state index contributed by atoms with van der Waals surface area (Å²) in [4.78, 5) is 15.7. The summed E-state index contributed by atoms with van der Waals surface area (Å²) in [5.41, 5.74) is 4.12. The zero-order valence-electron chi connectivity index (χ0n) is 13.6. The van der Waals surface area contributed by atoms with Gasteiger partial charge in [0.05, 0.1) is 0 Å². The van der Waals surface area contributed by atoms with E-state index >= 15 is 0 Å². The average Bonchev–Trinajstić information content (AvgIpc) is 2.61. The highest BCUT2D eigenvalue weighted by molar-refractivity contribution is 5.67. The molecule has 4 heteroatoms. The fourth-order valence-corrected chi connectivity index (χ4v) is 4.10. The number of likely N-dealkylation sites (N-methyl/N-ethyl adjacent to an activating group) is 1. The Bertz CT molecular complexity index is 558. The van der Waals surface area contributed by atoms with Gasteiger partial charge in [0.25, 0.3) is 0 Å². The molecule has 0 spiro atoms. The lowest BCUT2D eigenvalue weighted by molar-refractivity contribution is -0.137. The summed E-state index contributed by atoms with van der Waals surface area (Å²) in [5, 5.41) is 8.91. The molecule has 0 radical (unpaired) electrons. The number of carbonyl (C=O) groups is 1. The largest absolute Gasteiger partial charge is 0.481 e. The molecular weight excluding hydrogens is 276 g/mol. The molecule has 1 N–H and O–H groups in total. The second-order valence-corrected chi connectivity index (χ2v) is 6.83. The standard InChI is InChI=1S/C18H26N2O2/c1-13-7-8-17-14(11-13)15-12-19(2)9-3-5-16(15)20(17)10-4-6-18(21)22/h7-8,11,15-16H,3-6,9-10,12H2,1-2H3,(H,21,22). The Morgan fingerprint density at radius 3 is 3.00 bits per heavy atom. The van der Waals surface area contributed by atoms with Gasteiger partial charge < -0.3 is 14.9 Å². The zero-order chi connectivity index (χ0) is 15.7. The summed E-state index contributed by atoms with van der Waals surface area (Å²) in [6.45, 7) is 5.28. The van der Waals surface area contributed by atoms with Crippen LogP contribution in [-0.4, -0.2) is 48.7 Å². The number of carboxylic acids is 1. The number of aliphatic carboxylic acids is 1. The number of fused-ring (bicyclic) bond motifs is 3. The molecule has 1 aromatic carbocycles. The van der Waals surface area contributed by atoms with Crippen molar-refractivity contribution in [1.29, 1.82) is 0 Å². The smallest absolute Gasteiger partial charge is 0.303 e. The predicted molar refractivity (Wildman–Crippen MR) is 88.7 cm³/mol. The quantitative estimate of drug-likeness (QED) is 0.929. The Labute approximate surface area is 132 Å². The molecular formula is C18H26N2O2. The van der Waals surface area contributed by atoms with Gasteiger partial charge in [-0.3, -0.25) is 4.79 Å². The van der Waals surface area contributed by atoms with Crippen molar-refractivity contribution < 1.29 is 9.90 Å². The maximum absolute atomic E-state index is 10.8. The van der Waals surface area contributed by atoms with Gasteiger partial charge in [0, 0.05) is 37.2 Å². The van der Waals surface area contributed by atoms with E-state index in [4.69, 9.17) is 5.11 Å². The molecule has 1 fully saturated rings. The number of likely N-dealkylation sites (tertiary alicyclic amines) is 1. The van der Waals surface area contributed by atoms with E-state index in [-0.39, 0.29) is 6.42 Å². The fraction of sp³-hybridized carbons (Fsp3) is 0.611. The van der Waals surface area contributed by atoms with E-state index < -0.39 is 5.97 Å². The van der Waals surface area contributed by atoms with E-state index in [0.717, 1.165) is 26.1 Å². The van der Waals surface area contributed by atoms with Crippen LogP contribution >= 0.6 is 0 Å². The van der Waals surface area contributed by atoms with Crippen LogP contribution in [0.3, 0.4) is 0 Å². The number of carboxylic acid groups (broad SMARTS) is 1. The Morgan fingerprint density at radius 1 is 1.41 bits per heavy atom. The molecule has 2 aliphatic rings. The molecule has 4 nitrogen and oxygen atoms in total. The Hall–Kier alpha value is -1.55. The van der Waals surface area contributed by atoms with Crippen molar-refractivity contribution in [2.75, 3.05) is 31.6 Å². The third-order valence-corrected chi connectivity index (χ3v) is 5.09. The highest BCUT2D eigenvalue weighted by Crippen LogP contribution is 2.44. The van der Waals surface area contributed by atoms with Gasteiger partial charge in [0.15, 0.2) is 0 Å². The highest BCUT2D eigenvalue weighted by Gasteiger charge is 2.39. The van der Waals surface area contributed by atoms with Gasteiger partial charge in [0.1, 0.15) is 0 Å². The van der Waals surface area contributed by atoms with Crippen LogP contribution in [0, 0.1) is 6.92 Å². The van der Waals surface area contributed by atoms with Crippen molar-refractivity contribution in [1.82, 2.24) is 4.90 Å². The molecule has 1 saturated heterocycles. The predicted octanol–water partition coefficient (Wildman–Crippen LogP) is 2.86. The Kier molecular flexibility index (Phi) is 4.39. The lowest BCUT2D eigenvalue weighted by atomic mass is 9.92. The highest BCUT2D eigenvalue weighted by atomic mass is 16.4. The number of aryl methyl sites for hydroxylation is 1. The number of hydrogen-bond acceptors (Lipinski definition) is 3. The lowest BCUT2D eigenvalue weighted by Crippen LogP contribution is -2.36. The van der Waals surface area contributed by atoms with Crippen molar-refractivity contribution in [3.8, 4) is 0 Å². The molecule has 0 amide bonds. The van der Waals surface area contributed by atoms with Gasteiger partial charge in [-0.1, -0.05) is 17.7 Å². The van der Waals surface area contributed by atoms with Gasteiger partial charge in [-0.15, -0.1) is 0 Å². The third-order valence-electron chi connectivity index (χ3n) is 5.09. The molecule has 2 heterocycles. The molecule has 0 bridgehead atoms. The van der Waals surface area contributed by atoms with E-state index in [0.29, 0.717) is 12.0 Å². The van der Waals surface area contributed by atoms with Crippen molar-refractivity contribution in [2.24, 2.45) is 0 Å². The molecule has 3 rings (SSSR count). The van der Waals surface area contributed by atoms with Crippen LogP contribution in [0.1, 0.15) is 42.7 Å². The molecule has 1 aromatic rings. The van der Waals surface area contributed by atoms with Gasteiger partial charge in [-0.05, 0) is 51.4 Å². The first-order valence-electron chi connectivity index (χ1n) is 8.34. The van der Waals surface area contributed by atoms with Crippen molar-refractivity contribution in [2.45, 2.75) is 44.6 Å². The first-order valence-corrected chi connectivity index (χ1v) is 8.34. The minimum absolute atomic E-state index is 0.259. The Balaban J connectivity index is 1.87. The molecule has 0 saturated carbocycles. The van der Waals surface area contributed by atoms with Crippen LogP contribution < -0.4 is 4.90 Å². The minimum atomic E-state index is -0.694. The third kappa shape index (κ3) is 2.98. The fourth-order valence-electron chi connectivity index (χ4n) is 4.10. The first-order chi connectivity index (χ1) is 10.6. The SMILES string of the molecule is Cc1ccc2c(c1)C1CN(C)CCCC1N2CCCC(=O)O. The summed E-state index contributed by atoms with van der Waals surface area (Å²) in [7, 11) is 2.21. The summed E-state index contributed by atoms with van der Waals surface area (Å²) < 4.78 is 0. The zero-order valence-corrected chi connectivity index (χ0v) is 13.6. The van der Waals surface area contributed by atoms with Crippen LogP contribution in [0.2, 0.25) is 0 Å². The summed E-state index contributed by atoms with van der Waals surface area (Å²) in [5.74, 6) is -0.132. The monoisotopic (exact) mass is 302 g/mol. The summed E-state index contributed by atoms with van der Waals surface area (Å²) >= 11 is 0. The van der Waals surface area contributed by atoms with E-state index in [2.05, 4.69) is 42.0 Å². The molecule has 2 aliphatic heterocycles. The van der Waals surface area contributed by atoms with Crippen LogP contribution in [-0.2, 0) is 4.79 Å². The van der Waals surface area contributed by atoms with Crippen molar-refractivity contribution >= 4 is 11.7 Å². The number of rotatable bonds is 4. The van der Waals surface area contributed by atoms with Crippen molar-refractivity contribution in [3.05, 3.63) is 29.3 Å². The summed E-state index contributed by atoms with van der Waals surface area (Å²) in [6.07, 6.45) is 3.41. The summed E-state index contributed by atoms with van der Waals surface area (Å²) in [6, 6.07) is 7.29. The number of anilines is 1. The van der Waals surface area contributed by atoms with E-state index in [9.17, 15) is 4.79 Å². The molecule has 120 valence electrons. The van der Waals surface area contributed by atoms with Crippen molar-refractivity contribution in [3.63, 3.8) is 0 Å². The van der Waals surface area contributed by atoms with E-state index in [1.54, 1.807) is 0 Å². The minimum Gasteiger partial charge on any atom is -0.481 e. The van der Waals surface area contributed by atoms with Crippen LogP contribution in [0.15, 0.2) is 18.2 Å². The first kappa shape index (κ1) is 15.3. The molecule has 22 heavy (non-hydrogen) atoms. The Morgan fingerprint density at radius 2 is 2.23 bits per heavy atom. The van der Waals surface area contributed by atoms with Crippen LogP contribution in [0.4, 0.5) is 5.69 Å². The van der Waals surface area contributed by atoms with Crippen LogP contribution in [0.5, 0.6) is 0 Å². The average molecular weight is 302 g/mol. The number of hydrogen-bond donors (Lipinski definition) is 1. The number of nitrogens with zero attached hydrogens (tertiary/aromatic N) is 2. The lowest BCUT2D eigenvalue weighted by Gasteiger charge is -2.29. The van der Waals surface area contributed by atoms with Gasteiger partial charge in [-0.2, -0.15) is 0 Å². The second-order valence-electron chi connectivity index (χ2n) is 6.83. The topological polar surface area (TPSA) is 43.8 Å². The molecule has 0 aromatic heterocycles.